The van der Waals surface area contributed by atoms with E-state index in [-0.39, 0.29) is 10.8 Å². The van der Waals surface area contributed by atoms with E-state index in [2.05, 4.69) is 4.74 Å². The van der Waals surface area contributed by atoms with E-state index in [0.29, 0.717) is 6.42 Å². The first-order chi connectivity index (χ1) is 6.99. The lowest BCUT2D eigenvalue weighted by atomic mass is 10.1. The maximum absolute atomic E-state index is 11.9. The van der Waals surface area contributed by atoms with Crippen LogP contribution < -0.4 is 4.74 Å². The van der Waals surface area contributed by atoms with Crippen molar-refractivity contribution in [3.8, 4) is 5.75 Å². The number of aliphatic hydroxyl groups is 1. The van der Waals surface area contributed by atoms with Crippen LogP contribution in [0, 0.1) is 0 Å². The number of alkyl halides is 2. The van der Waals surface area contributed by atoms with E-state index in [1.807, 2.05) is 0 Å². The van der Waals surface area contributed by atoms with Gasteiger partial charge in [-0.05, 0) is 31.0 Å². The minimum Gasteiger partial charge on any atom is -0.433 e. The van der Waals surface area contributed by atoms with Crippen molar-refractivity contribution in [1.82, 2.24) is 0 Å². The molecule has 0 amide bonds. The first kappa shape index (κ1) is 12.2. The Hall–Kier alpha value is -0.870. The van der Waals surface area contributed by atoms with Crippen LogP contribution in [0.5, 0.6) is 5.75 Å². The molecule has 0 bridgehead atoms. The summed E-state index contributed by atoms with van der Waals surface area (Å²) in [5.74, 6) is -0.0546. The second-order valence-corrected chi connectivity index (χ2v) is 3.60. The fourth-order valence-corrected chi connectivity index (χ4v) is 1.45. The summed E-state index contributed by atoms with van der Waals surface area (Å²) in [6.07, 6.45) is -0.0720. The molecule has 2 nitrogen and oxygen atoms in total. The van der Waals surface area contributed by atoms with Crippen molar-refractivity contribution in [3.63, 3.8) is 0 Å². The Bertz CT molecular complexity index is 329. The van der Waals surface area contributed by atoms with Crippen LogP contribution in [0.15, 0.2) is 18.2 Å². The first-order valence-corrected chi connectivity index (χ1v) is 4.78. The molecule has 0 saturated heterocycles. The van der Waals surface area contributed by atoms with E-state index in [4.69, 9.17) is 16.7 Å². The molecular weight excluding hydrogens is 226 g/mol. The summed E-state index contributed by atoms with van der Waals surface area (Å²) in [5.41, 5.74) is 0.775. The molecule has 0 aliphatic carbocycles. The molecule has 0 radical (unpaired) electrons. The van der Waals surface area contributed by atoms with Crippen molar-refractivity contribution in [2.75, 3.05) is 0 Å². The number of halogens is 3. The number of aliphatic hydroxyl groups excluding tert-OH is 1. The van der Waals surface area contributed by atoms with Gasteiger partial charge in [0, 0.05) is 0 Å². The molecule has 5 heteroatoms. The van der Waals surface area contributed by atoms with Gasteiger partial charge in [-0.3, -0.25) is 0 Å². The van der Waals surface area contributed by atoms with Crippen molar-refractivity contribution < 1.29 is 18.6 Å². The fourth-order valence-electron chi connectivity index (χ4n) is 1.20. The van der Waals surface area contributed by atoms with E-state index in [1.54, 1.807) is 13.0 Å². The van der Waals surface area contributed by atoms with Crippen molar-refractivity contribution in [1.29, 1.82) is 0 Å². The van der Waals surface area contributed by atoms with Crippen LogP contribution in [0.3, 0.4) is 0 Å². The smallest absolute Gasteiger partial charge is 0.387 e. The van der Waals surface area contributed by atoms with Crippen LogP contribution in [0.4, 0.5) is 8.78 Å². The molecule has 84 valence electrons. The minimum absolute atomic E-state index is 0.0546. The molecule has 0 aliphatic heterocycles. The molecule has 0 fully saturated rings. The maximum atomic E-state index is 11.9. The molecule has 0 saturated carbocycles. The first-order valence-electron chi connectivity index (χ1n) is 4.40. The molecular formula is C10H11ClF2O2. The minimum atomic E-state index is -2.88. The molecule has 1 N–H and O–H groups in total. The predicted octanol–water partition coefficient (Wildman–Crippen LogP) is 2.86. The van der Waals surface area contributed by atoms with Gasteiger partial charge in [-0.2, -0.15) is 8.78 Å². The lowest BCUT2D eigenvalue weighted by Crippen LogP contribution is -2.05. The normalized spacial score (nSPS) is 12.9. The summed E-state index contributed by atoms with van der Waals surface area (Å²) in [6.45, 7) is -1.25. The van der Waals surface area contributed by atoms with E-state index in [1.165, 1.54) is 12.1 Å². The lowest BCUT2D eigenvalue weighted by molar-refractivity contribution is -0.0498. The van der Waals surface area contributed by atoms with Gasteiger partial charge in [0.25, 0.3) is 0 Å². The molecule has 15 heavy (non-hydrogen) atoms. The van der Waals surface area contributed by atoms with Crippen LogP contribution in [0.2, 0.25) is 5.02 Å². The Morgan fingerprint density at radius 2 is 2.13 bits per heavy atom. The Morgan fingerprint density at radius 3 is 2.60 bits per heavy atom. The number of hydrogen-bond acceptors (Lipinski definition) is 2. The zero-order chi connectivity index (χ0) is 11.4. The average Bonchev–Trinajstić information content (AvgIpc) is 2.08. The second-order valence-electron chi connectivity index (χ2n) is 3.20. The standard InChI is InChI=1S/C10H11ClF2O2/c1-6(14)4-7-2-3-9(8(11)5-7)15-10(12)13/h2-3,5-6,10,14H,4H2,1H3/t6-/m1/s1. The summed E-state index contributed by atoms with van der Waals surface area (Å²) in [7, 11) is 0. The van der Waals surface area contributed by atoms with Gasteiger partial charge in [0.2, 0.25) is 0 Å². The van der Waals surface area contributed by atoms with Gasteiger partial charge in [0.15, 0.2) is 0 Å². The van der Waals surface area contributed by atoms with Crippen LogP contribution in [0.1, 0.15) is 12.5 Å². The summed E-state index contributed by atoms with van der Waals surface area (Å²) in [4.78, 5) is 0. The Balaban J connectivity index is 2.78. The number of ether oxygens (including phenoxy) is 1. The van der Waals surface area contributed by atoms with Gasteiger partial charge < -0.3 is 9.84 Å². The largest absolute Gasteiger partial charge is 0.433 e. The molecule has 0 aliphatic rings. The van der Waals surface area contributed by atoms with E-state index < -0.39 is 12.7 Å². The van der Waals surface area contributed by atoms with Crippen LogP contribution >= 0.6 is 11.6 Å². The molecule has 0 unspecified atom stereocenters. The summed E-state index contributed by atoms with van der Waals surface area (Å²) in [5, 5.41) is 9.24. The highest BCUT2D eigenvalue weighted by atomic mass is 35.5. The highest BCUT2D eigenvalue weighted by Crippen LogP contribution is 2.27. The van der Waals surface area contributed by atoms with Crippen molar-refractivity contribution >= 4 is 11.6 Å². The number of benzene rings is 1. The Labute approximate surface area is 91.4 Å². The zero-order valence-corrected chi connectivity index (χ0v) is 8.84. The molecule has 1 aromatic rings. The SMILES string of the molecule is C[C@@H](O)Cc1ccc(OC(F)F)c(Cl)c1. The van der Waals surface area contributed by atoms with E-state index in [9.17, 15) is 8.78 Å². The zero-order valence-electron chi connectivity index (χ0n) is 8.08. The highest BCUT2D eigenvalue weighted by Gasteiger charge is 2.09. The van der Waals surface area contributed by atoms with Crippen LogP contribution in [-0.2, 0) is 6.42 Å². The third-order valence-electron chi connectivity index (χ3n) is 1.74. The van der Waals surface area contributed by atoms with Gasteiger partial charge in [-0.15, -0.1) is 0 Å². The molecule has 1 rings (SSSR count). The fraction of sp³-hybridized carbons (Fsp3) is 0.400. The molecule has 1 aromatic carbocycles. The van der Waals surface area contributed by atoms with Gasteiger partial charge in [0.05, 0.1) is 11.1 Å². The molecule has 1 atom stereocenters. The Morgan fingerprint density at radius 1 is 1.47 bits per heavy atom. The van der Waals surface area contributed by atoms with Crippen molar-refractivity contribution in [3.05, 3.63) is 28.8 Å². The van der Waals surface area contributed by atoms with Crippen LogP contribution in [-0.4, -0.2) is 17.8 Å². The molecule has 0 spiro atoms. The van der Waals surface area contributed by atoms with Crippen LogP contribution in [0.25, 0.3) is 0 Å². The van der Waals surface area contributed by atoms with Crippen molar-refractivity contribution in [2.24, 2.45) is 0 Å². The average molecular weight is 237 g/mol. The third kappa shape index (κ3) is 4.01. The lowest BCUT2D eigenvalue weighted by Gasteiger charge is -2.09. The second kappa shape index (κ2) is 5.28. The topological polar surface area (TPSA) is 29.5 Å². The van der Waals surface area contributed by atoms with Crippen molar-refractivity contribution in [2.45, 2.75) is 26.1 Å². The van der Waals surface area contributed by atoms with Gasteiger partial charge >= 0.3 is 6.61 Å². The Kier molecular flexibility index (Phi) is 4.29. The highest BCUT2D eigenvalue weighted by molar-refractivity contribution is 6.32. The van der Waals surface area contributed by atoms with E-state index in [0.717, 1.165) is 5.56 Å². The number of rotatable bonds is 4. The maximum Gasteiger partial charge on any atom is 0.387 e. The van der Waals surface area contributed by atoms with Gasteiger partial charge in [-0.25, -0.2) is 0 Å². The third-order valence-corrected chi connectivity index (χ3v) is 2.04. The summed E-state index contributed by atoms with van der Waals surface area (Å²) < 4.78 is 28.0. The predicted molar refractivity (Wildman–Crippen MR) is 53.5 cm³/mol. The number of hydrogen-bond donors (Lipinski definition) is 1. The monoisotopic (exact) mass is 236 g/mol. The van der Waals surface area contributed by atoms with E-state index >= 15 is 0 Å². The quantitative estimate of drug-likeness (QED) is 0.871. The molecule has 0 heterocycles. The summed E-state index contributed by atoms with van der Waals surface area (Å²) in [6, 6.07) is 4.47. The van der Waals surface area contributed by atoms with Gasteiger partial charge in [0.1, 0.15) is 5.75 Å². The molecule has 0 aromatic heterocycles. The van der Waals surface area contributed by atoms with Gasteiger partial charge in [-0.1, -0.05) is 17.7 Å². The summed E-state index contributed by atoms with van der Waals surface area (Å²) >= 11 is 5.72.